The molecule has 2 aromatic carbocycles. The first kappa shape index (κ1) is 24.7. The maximum atomic E-state index is 11.8. The highest BCUT2D eigenvalue weighted by Gasteiger charge is 2.28. The molecule has 2 heterocycles. The van der Waals surface area contributed by atoms with Crippen LogP contribution in [-0.2, 0) is 6.54 Å². The third-order valence-electron chi connectivity index (χ3n) is 7.42. The number of aromatic carboxylic acids is 1. The summed E-state index contributed by atoms with van der Waals surface area (Å²) in [7, 11) is 1.64. The molecule has 0 amide bonds. The molecule has 1 N–H and O–H groups in total. The fourth-order valence-corrected chi connectivity index (χ4v) is 6.63. The van der Waals surface area contributed by atoms with E-state index in [1.807, 2.05) is 24.3 Å². The van der Waals surface area contributed by atoms with Gasteiger partial charge in [-0.1, -0.05) is 29.5 Å². The molecule has 0 radical (unpaired) electrons. The SMILES string of the molecule is COc1ccc(Cn2nnc(C(=O)O)c2S[C@H]2CC[C@H](c3ccc(N4CCCCC4)cc3)CC2)cc1. The summed E-state index contributed by atoms with van der Waals surface area (Å²) in [5.41, 5.74) is 3.85. The van der Waals surface area contributed by atoms with Gasteiger partial charge in [0, 0.05) is 24.0 Å². The lowest BCUT2D eigenvalue weighted by atomic mass is 9.84. The molecule has 3 aromatic rings. The molecule has 0 atom stereocenters. The van der Waals surface area contributed by atoms with Crippen LogP contribution in [0.3, 0.4) is 0 Å². The van der Waals surface area contributed by atoms with E-state index in [1.54, 1.807) is 23.6 Å². The summed E-state index contributed by atoms with van der Waals surface area (Å²) in [6, 6.07) is 17.0. The Morgan fingerprint density at radius 1 is 1.00 bits per heavy atom. The summed E-state index contributed by atoms with van der Waals surface area (Å²) in [6.07, 6.45) is 8.27. The van der Waals surface area contributed by atoms with Gasteiger partial charge in [0.25, 0.3) is 0 Å². The van der Waals surface area contributed by atoms with Crippen LogP contribution in [0.15, 0.2) is 53.6 Å². The summed E-state index contributed by atoms with van der Waals surface area (Å²) in [6.45, 7) is 2.82. The van der Waals surface area contributed by atoms with Crippen LogP contribution in [-0.4, -0.2) is 51.5 Å². The number of carboxylic acids is 1. The fraction of sp³-hybridized carbons (Fsp3) is 0.464. The number of methoxy groups -OCH3 is 1. The summed E-state index contributed by atoms with van der Waals surface area (Å²) < 4.78 is 6.96. The number of piperidine rings is 1. The van der Waals surface area contributed by atoms with Gasteiger partial charge in [0.15, 0.2) is 0 Å². The van der Waals surface area contributed by atoms with E-state index in [9.17, 15) is 9.90 Å². The largest absolute Gasteiger partial charge is 0.497 e. The van der Waals surface area contributed by atoms with Crippen molar-refractivity contribution in [3.63, 3.8) is 0 Å². The van der Waals surface area contributed by atoms with E-state index in [1.165, 1.54) is 43.6 Å². The average Bonchev–Trinajstić information content (AvgIpc) is 3.32. The number of hydrogen-bond donors (Lipinski definition) is 1. The minimum atomic E-state index is -1.03. The van der Waals surface area contributed by atoms with Crippen molar-refractivity contribution in [3.05, 3.63) is 65.4 Å². The van der Waals surface area contributed by atoms with Crippen LogP contribution in [0.1, 0.15) is 72.5 Å². The van der Waals surface area contributed by atoms with Crippen LogP contribution >= 0.6 is 11.8 Å². The molecule has 190 valence electrons. The summed E-state index contributed by atoms with van der Waals surface area (Å²) in [4.78, 5) is 14.3. The number of carbonyl (C=O) groups is 1. The minimum absolute atomic E-state index is 0.0453. The van der Waals surface area contributed by atoms with Crippen LogP contribution in [0, 0.1) is 0 Å². The van der Waals surface area contributed by atoms with Crippen molar-refractivity contribution in [2.75, 3.05) is 25.1 Å². The topological polar surface area (TPSA) is 80.5 Å². The first-order valence-corrected chi connectivity index (χ1v) is 13.8. The molecular formula is C28H34N4O3S. The monoisotopic (exact) mass is 506 g/mol. The lowest BCUT2D eigenvalue weighted by molar-refractivity contribution is 0.0686. The second-order valence-electron chi connectivity index (χ2n) is 9.78. The zero-order valence-electron chi connectivity index (χ0n) is 20.8. The Morgan fingerprint density at radius 2 is 1.69 bits per heavy atom. The summed E-state index contributed by atoms with van der Waals surface area (Å²) in [5, 5.41) is 18.9. The van der Waals surface area contributed by atoms with Gasteiger partial charge in [-0.3, -0.25) is 0 Å². The van der Waals surface area contributed by atoms with Gasteiger partial charge in [0.05, 0.1) is 13.7 Å². The van der Waals surface area contributed by atoms with E-state index >= 15 is 0 Å². The van der Waals surface area contributed by atoms with Crippen LogP contribution in [0.4, 0.5) is 5.69 Å². The van der Waals surface area contributed by atoms with Crippen molar-refractivity contribution in [1.29, 1.82) is 0 Å². The van der Waals surface area contributed by atoms with Gasteiger partial charge in [0.1, 0.15) is 10.8 Å². The summed E-state index contributed by atoms with van der Waals surface area (Å²) in [5.74, 6) is 0.329. The number of anilines is 1. The van der Waals surface area contributed by atoms with Crippen LogP contribution in [0.5, 0.6) is 5.75 Å². The normalized spacial score (nSPS) is 20.3. The Hall–Kier alpha value is -3.00. The number of ether oxygens (including phenoxy) is 1. The van der Waals surface area contributed by atoms with Crippen molar-refractivity contribution in [2.24, 2.45) is 0 Å². The predicted octanol–water partition coefficient (Wildman–Crippen LogP) is 5.84. The van der Waals surface area contributed by atoms with Crippen LogP contribution < -0.4 is 9.64 Å². The van der Waals surface area contributed by atoms with E-state index in [-0.39, 0.29) is 5.69 Å². The van der Waals surface area contributed by atoms with Crippen molar-refractivity contribution in [2.45, 2.75) is 67.7 Å². The second kappa shape index (κ2) is 11.4. The zero-order valence-corrected chi connectivity index (χ0v) is 21.6. The Balaban J connectivity index is 1.21. The quantitative estimate of drug-likeness (QED) is 0.411. The van der Waals surface area contributed by atoms with E-state index < -0.39 is 5.97 Å². The van der Waals surface area contributed by atoms with E-state index in [0.29, 0.717) is 22.7 Å². The number of hydrogen-bond acceptors (Lipinski definition) is 6. The number of benzene rings is 2. The standard InChI is InChI=1S/C28H34N4O3S/c1-35-24-13-5-20(6-14-24)19-32-27(26(28(33)34)29-30-32)36-25-15-9-22(10-16-25)21-7-11-23(12-8-21)31-17-3-2-4-18-31/h5-8,11-14,22,25H,2-4,9-10,15-19H2,1H3,(H,33,34)/t22-,25-. The molecular weight excluding hydrogens is 472 g/mol. The Morgan fingerprint density at radius 3 is 2.33 bits per heavy atom. The molecule has 1 saturated carbocycles. The van der Waals surface area contributed by atoms with Crippen LogP contribution in [0.2, 0.25) is 0 Å². The molecule has 2 fully saturated rings. The van der Waals surface area contributed by atoms with E-state index in [2.05, 4.69) is 39.5 Å². The van der Waals surface area contributed by atoms with Gasteiger partial charge in [-0.15, -0.1) is 16.9 Å². The van der Waals surface area contributed by atoms with Gasteiger partial charge in [-0.25, -0.2) is 9.48 Å². The summed E-state index contributed by atoms with van der Waals surface area (Å²) >= 11 is 1.62. The molecule has 1 aliphatic heterocycles. The second-order valence-corrected chi connectivity index (χ2v) is 11.1. The van der Waals surface area contributed by atoms with Gasteiger partial charge < -0.3 is 14.7 Å². The number of aromatic nitrogens is 3. The van der Waals surface area contributed by atoms with Gasteiger partial charge in [-0.05, 0) is 86.3 Å². The Labute approximate surface area is 216 Å². The van der Waals surface area contributed by atoms with Crippen molar-refractivity contribution < 1.29 is 14.6 Å². The molecule has 2 aliphatic rings. The Bertz CT molecular complexity index is 1150. The van der Waals surface area contributed by atoms with E-state index in [0.717, 1.165) is 37.0 Å². The van der Waals surface area contributed by atoms with Crippen LogP contribution in [0.25, 0.3) is 0 Å². The maximum absolute atomic E-state index is 11.8. The molecule has 36 heavy (non-hydrogen) atoms. The van der Waals surface area contributed by atoms with E-state index in [4.69, 9.17) is 4.74 Å². The van der Waals surface area contributed by atoms with Crippen molar-refractivity contribution in [3.8, 4) is 5.75 Å². The fourth-order valence-electron chi connectivity index (χ4n) is 5.34. The molecule has 5 rings (SSSR count). The van der Waals surface area contributed by atoms with Crippen molar-refractivity contribution >= 4 is 23.4 Å². The highest BCUT2D eigenvalue weighted by atomic mass is 32.2. The Kier molecular flexibility index (Phi) is 7.80. The highest BCUT2D eigenvalue weighted by molar-refractivity contribution is 7.99. The molecule has 0 bridgehead atoms. The molecule has 1 aromatic heterocycles. The third kappa shape index (κ3) is 5.69. The van der Waals surface area contributed by atoms with Gasteiger partial charge in [-0.2, -0.15) is 0 Å². The number of carboxylic acid groups (broad SMARTS) is 1. The third-order valence-corrected chi connectivity index (χ3v) is 8.85. The maximum Gasteiger partial charge on any atom is 0.359 e. The molecule has 1 aliphatic carbocycles. The molecule has 8 heteroatoms. The van der Waals surface area contributed by atoms with Gasteiger partial charge >= 0.3 is 5.97 Å². The molecule has 0 spiro atoms. The number of rotatable bonds is 8. The first-order valence-electron chi connectivity index (χ1n) is 12.9. The zero-order chi connectivity index (χ0) is 24.9. The average molecular weight is 507 g/mol. The molecule has 1 saturated heterocycles. The predicted molar refractivity (Wildman–Crippen MR) is 142 cm³/mol. The molecule has 0 unspecified atom stereocenters. The smallest absolute Gasteiger partial charge is 0.359 e. The molecule has 7 nitrogen and oxygen atoms in total. The van der Waals surface area contributed by atoms with Gasteiger partial charge in [0.2, 0.25) is 5.69 Å². The highest BCUT2D eigenvalue weighted by Crippen LogP contribution is 2.41. The number of thioether (sulfide) groups is 1. The minimum Gasteiger partial charge on any atom is -0.497 e. The first-order chi connectivity index (χ1) is 17.6. The van der Waals surface area contributed by atoms with Crippen molar-refractivity contribution in [1.82, 2.24) is 15.0 Å². The number of nitrogens with zero attached hydrogens (tertiary/aromatic N) is 4. The lowest BCUT2D eigenvalue weighted by Gasteiger charge is -2.30. The lowest BCUT2D eigenvalue weighted by Crippen LogP contribution is -2.29.